The van der Waals surface area contributed by atoms with Crippen molar-refractivity contribution in [2.75, 3.05) is 0 Å². The zero-order valence-corrected chi connectivity index (χ0v) is 11.6. The predicted molar refractivity (Wildman–Crippen MR) is 75.0 cm³/mol. The molecule has 0 aliphatic carbocycles. The predicted octanol–water partition coefficient (Wildman–Crippen LogP) is 3.26. The minimum absolute atomic E-state index is 0.206. The van der Waals surface area contributed by atoms with Crippen molar-refractivity contribution in [2.24, 2.45) is 0 Å². The number of hydrogen-bond donors (Lipinski definition) is 1. The summed E-state index contributed by atoms with van der Waals surface area (Å²) in [5, 5.41) is 11.0. The van der Waals surface area contributed by atoms with Gasteiger partial charge in [-0.15, -0.1) is 11.3 Å². The van der Waals surface area contributed by atoms with Gasteiger partial charge < -0.3 is 14.1 Å². The van der Waals surface area contributed by atoms with Crippen LogP contribution in [0.2, 0.25) is 0 Å². The Balaban J connectivity index is 1.91. The normalized spacial score (nSPS) is 10.8. The maximum atomic E-state index is 11.0. The van der Waals surface area contributed by atoms with Crippen molar-refractivity contribution in [2.45, 2.75) is 13.5 Å². The van der Waals surface area contributed by atoms with Crippen LogP contribution >= 0.6 is 11.3 Å². The molecule has 0 bridgehead atoms. The smallest absolute Gasteiger partial charge is 0.339 e. The number of carboxylic acid groups (broad SMARTS) is 1. The fraction of sp³-hybridized carbons (Fsp3) is 0.143. The van der Waals surface area contributed by atoms with E-state index in [0.717, 1.165) is 10.7 Å². The number of furan rings is 1. The summed E-state index contributed by atoms with van der Waals surface area (Å²) in [6.07, 6.45) is 3.58. The lowest BCUT2D eigenvalue weighted by Gasteiger charge is -2.03. The molecule has 0 amide bonds. The first kappa shape index (κ1) is 12.7. The van der Waals surface area contributed by atoms with Gasteiger partial charge in [-0.25, -0.2) is 9.78 Å². The molecular weight excluding hydrogens is 276 g/mol. The number of carboxylic acids is 1. The van der Waals surface area contributed by atoms with Gasteiger partial charge in [0.25, 0.3) is 0 Å². The van der Waals surface area contributed by atoms with Crippen LogP contribution in [0.1, 0.15) is 21.9 Å². The van der Waals surface area contributed by atoms with Gasteiger partial charge in [-0.1, -0.05) is 6.07 Å². The molecule has 20 heavy (non-hydrogen) atoms. The number of nitrogens with zero attached hydrogens (tertiary/aromatic N) is 2. The highest BCUT2D eigenvalue weighted by molar-refractivity contribution is 7.13. The van der Waals surface area contributed by atoms with Crippen LogP contribution in [-0.2, 0) is 6.54 Å². The molecule has 0 saturated heterocycles. The van der Waals surface area contributed by atoms with Gasteiger partial charge in [0.2, 0.25) is 0 Å². The molecule has 0 aliphatic rings. The summed E-state index contributed by atoms with van der Waals surface area (Å²) < 4.78 is 7.44. The van der Waals surface area contributed by atoms with E-state index < -0.39 is 5.97 Å². The fourth-order valence-electron chi connectivity index (χ4n) is 2.07. The quantitative estimate of drug-likeness (QED) is 0.800. The fourth-order valence-corrected chi connectivity index (χ4v) is 2.81. The first-order valence-corrected chi connectivity index (χ1v) is 6.90. The largest absolute Gasteiger partial charge is 0.478 e. The van der Waals surface area contributed by atoms with Gasteiger partial charge in [-0.3, -0.25) is 0 Å². The summed E-state index contributed by atoms with van der Waals surface area (Å²) in [7, 11) is 0. The Kier molecular flexibility index (Phi) is 3.15. The first-order valence-electron chi connectivity index (χ1n) is 6.03. The maximum Gasteiger partial charge on any atom is 0.339 e. The van der Waals surface area contributed by atoms with Crippen LogP contribution < -0.4 is 0 Å². The topological polar surface area (TPSA) is 68.3 Å². The minimum atomic E-state index is -0.971. The average Bonchev–Trinajstić information content (AvgIpc) is 3.09. The maximum absolute atomic E-state index is 11.0. The van der Waals surface area contributed by atoms with Gasteiger partial charge in [-0.05, 0) is 24.4 Å². The highest BCUT2D eigenvalue weighted by Crippen LogP contribution is 2.24. The molecule has 3 aromatic rings. The second-order valence-electron chi connectivity index (χ2n) is 4.34. The summed E-state index contributed by atoms with van der Waals surface area (Å²) in [5.74, 6) is 0.911. The molecule has 0 aromatic carbocycles. The molecule has 0 aliphatic heterocycles. The van der Waals surface area contributed by atoms with Crippen LogP contribution in [0.15, 0.2) is 40.4 Å². The molecule has 0 unspecified atom stereocenters. The van der Waals surface area contributed by atoms with Gasteiger partial charge in [0.05, 0.1) is 11.4 Å². The molecule has 1 N–H and O–H groups in total. The van der Waals surface area contributed by atoms with Crippen LogP contribution in [0.5, 0.6) is 0 Å². The van der Waals surface area contributed by atoms with E-state index >= 15 is 0 Å². The minimum Gasteiger partial charge on any atom is -0.478 e. The van der Waals surface area contributed by atoms with Crippen molar-refractivity contribution in [3.63, 3.8) is 0 Å². The van der Waals surface area contributed by atoms with E-state index in [9.17, 15) is 4.79 Å². The van der Waals surface area contributed by atoms with Gasteiger partial charge in [-0.2, -0.15) is 0 Å². The van der Waals surface area contributed by atoms with Crippen molar-refractivity contribution >= 4 is 17.3 Å². The summed E-state index contributed by atoms with van der Waals surface area (Å²) in [6, 6.07) is 5.54. The van der Waals surface area contributed by atoms with Crippen molar-refractivity contribution < 1.29 is 14.3 Å². The van der Waals surface area contributed by atoms with Gasteiger partial charge in [0, 0.05) is 12.4 Å². The number of imidazole rings is 1. The molecule has 6 heteroatoms. The zero-order valence-electron chi connectivity index (χ0n) is 10.7. The highest BCUT2D eigenvalue weighted by Gasteiger charge is 2.15. The third kappa shape index (κ3) is 2.25. The van der Waals surface area contributed by atoms with Gasteiger partial charge >= 0.3 is 5.97 Å². The number of hydrogen-bond acceptors (Lipinski definition) is 4. The van der Waals surface area contributed by atoms with Crippen LogP contribution in [0.4, 0.5) is 0 Å². The molecule has 0 spiro atoms. The van der Waals surface area contributed by atoms with Gasteiger partial charge in [0.15, 0.2) is 0 Å². The van der Waals surface area contributed by atoms with E-state index in [1.54, 1.807) is 30.5 Å². The van der Waals surface area contributed by atoms with Crippen molar-refractivity contribution in [1.29, 1.82) is 0 Å². The Hall–Kier alpha value is -2.34. The molecule has 3 heterocycles. The monoisotopic (exact) mass is 288 g/mol. The Morgan fingerprint density at radius 3 is 3.05 bits per heavy atom. The molecule has 3 rings (SSSR count). The molecule has 102 valence electrons. The first-order chi connectivity index (χ1) is 9.65. The van der Waals surface area contributed by atoms with Crippen LogP contribution in [0, 0.1) is 6.92 Å². The highest BCUT2D eigenvalue weighted by atomic mass is 32.1. The number of thiophene rings is 1. The summed E-state index contributed by atoms with van der Waals surface area (Å²) >= 11 is 1.61. The second kappa shape index (κ2) is 4.97. The second-order valence-corrected chi connectivity index (χ2v) is 5.29. The summed E-state index contributed by atoms with van der Waals surface area (Å²) in [5.41, 5.74) is 0.206. The molecule has 0 saturated carbocycles. The van der Waals surface area contributed by atoms with E-state index in [2.05, 4.69) is 4.98 Å². The van der Waals surface area contributed by atoms with Crippen LogP contribution in [-0.4, -0.2) is 20.6 Å². The van der Waals surface area contributed by atoms with E-state index in [1.807, 2.05) is 28.3 Å². The molecule has 0 fully saturated rings. The number of carbonyl (C=O) groups is 1. The number of rotatable bonds is 4. The van der Waals surface area contributed by atoms with E-state index in [1.165, 1.54) is 0 Å². The van der Waals surface area contributed by atoms with Crippen molar-refractivity contribution in [3.05, 3.63) is 53.1 Å². The van der Waals surface area contributed by atoms with Crippen LogP contribution in [0.3, 0.4) is 0 Å². The Morgan fingerprint density at radius 2 is 2.40 bits per heavy atom. The van der Waals surface area contributed by atoms with Gasteiger partial charge in [0.1, 0.15) is 22.9 Å². The lowest BCUT2D eigenvalue weighted by Crippen LogP contribution is -1.99. The zero-order chi connectivity index (χ0) is 14.1. The lowest BCUT2D eigenvalue weighted by molar-refractivity contribution is 0.0695. The third-order valence-electron chi connectivity index (χ3n) is 2.98. The van der Waals surface area contributed by atoms with Crippen LogP contribution in [0.25, 0.3) is 10.7 Å². The lowest BCUT2D eigenvalue weighted by atomic mass is 10.2. The molecule has 3 aromatic heterocycles. The Morgan fingerprint density at radius 1 is 1.55 bits per heavy atom. The van der Waals surface area contributed by atoms with Crippen molar-refractivity contribution in [1.82, 2.24) is 9.55 Å². The summed E-state index contributed by atoms with van der Waals surface area (Å²) in [4.78, 5) is 16.4. The summed E-state index contributed by atoms with van der Waals surface area (Å²) in [6.45, 7) is 2.11. The molecule has 5 nitrogen and oxygen atoms in total. The molecule has 0 atom stereocenters. The Bertz CT molecular complexity index is 740. The van der Waals surface area contributed by atoms with E-state index in [0.29, 0.717) is 18.1 Å². The number of aryl methyl sites for hydroxylation is 1. The molecule has 0 radical (unpaired) electrons. The van der Waals surface area contributed by atoms with E-state index in [4.69, 9.17) is 9.52 Å². The standard InChI is InChI=1S/C14H12N2O3S/c1-9-11(14(17)18)7-10(19-9)8-16-5-4-15-13(16)12-3-2-6-20-12/h2-7H,8H2,1H3,(H,17,18). The third-order valence-corrected chi connectivity index (χ3v) is 3.85. The average molecular weight is 288 g/mol. The number of aromatic carboxylic acids is 1. The SMILES string of the molecule is Cc1oc(Cn2ccnc2-c2cccs2)cc1C(=O)O. The number of aromatic nitrogens is 2. The van der Waals surface area contributed by atoms with E-state index in [-0.39, 0.29) is 5.56 Å². The molecular formula is C14H12N2O3S. The van der Waals surface area contributed by atoms with Crippen molar-refractivity contribution in [3.8, 4) is 10.7 Å². The Labute approximate surface area is 119 Å².